The van der Waals surface area contributed by atoms with Gasteiger partial charge in [0.15, 0.2) is 0 Å². The molecule has 0 saturated heterocycles. The summed E-state index contributed by atoms with van der Waals surface area (Å²) in [5, 5.41) is 9.34. The molecule has 23 heavy (non-hydrogen) atoms. The molecule has 0 bridgehead atoms. The number of nitrogen functional groups attached to an aromatic ring is 1. The molecule has 120 valence electrons. The van der Waals surface area contributed by atoms with Crippen molar-refractivity contribution >= 4 is 15.8 Å². The second kappa shape index (κ2) is 6.36. The molecule has 0 aliphatic carbocycles. The Bertz CT molecular complexity index is 866. The average Bonchev–Trinajstić information content (AvgIpc) is 2.54. The summed E-state index contributed by atoms with van der Waals surface area (Å²) < 4.78 is 25.8. The van der Waals surface area contributed by atoms with Crippen LogP contribution in [0.25, 0.3) is 11.1 Å². The number of hydrogen-bond donors (Lipinski definition) is 2. The minimum absolute atomic E-state index is 0.160. The third kappa shape index (κ3) is 3.33. The fraction of sp³-hybridized carbons (Fsp3) is 0.250. The monoisotopic (exact) mass is 330 g/mol. The molecule has 2 aromatic rings. The van der Waals surface area contributed by atoms with Gasteiger partial charge in [0.2, 0.25) is 10.0 Å². The van der Waals surface area contributed by atoms with Gasteiger partial charge >= 0.3 is 0 Å². The quantitative estimate of drug-likeness (QED) is 0.893. The molecule has 0 radical (unpaired) electrons. The molecule has 0 fully saturated rings. The lowest BCUT2D eigenvalue weighted by molar-refractivity contribution is 0.588. The molecule has 0 amide bonds. The predicted molar refractivity (Wildman–Crippen MR) is 89.1 cm³/mol. The lowest BCUT2D eigenvalue weighted by Gasteiger charge is -2.12. The lowest BCUT2D eigenvalue weighted by Crippen LogP contribution is -2.18. The Balaban J connectivity index is 2.60. The van der Waals surface area contributed by atoms with Crippen LogP contribution >= 0.6 is 0 Å². The summed E-state index contributed by atoms with van der Waals surface area (Å²) >= 11 is 0. The van der Waals surface area contributed by atoms with Gasteiger partial charge in [0.25, 0.3) is 0 Å². The van der Waals surface area contributed by atoms with Gasteiger partial charge in [0.05, 0.1) is 4.90 Å². The van der Waals surface area contributed by atoms with E-state index in [9.17, 15) is 13.7 Å². The maximum atomic E-state index is 11.8. The molecule has 3 N–H and O–H groups in total. The van der Waals surface area contributed by atoms with Crippen molar-refractivity contribution in [3.63, 3.8) is 0 Å². The second-order valence-electron chi connectivity index (χ2n) is 5.35. The number of nitrogens with two attached hydrogens (primary N) is 1. The number of aromatic nitrogens is 1. The summed E-state index contributed by atoms with van der Waals surface area (Å²) in [4.78, 5) is 4.41. The molecule has 0 aliphatic rings. The summed E-state index contributed by atoms with van der Waals surface area (Å²) in [6.07, 6.45) is 0. The first-order valence-electron chi connectivity index (χ1n) is 7.04. The molecular formula is C16H18N4O2S. The van der Waals surface area contributed by atoms with E-state index < -0.39 is 10.0 Å². The van der Waals surface area contributed by atoms with E-state index in [0.29, 0.717) is 16.7 Å². The van der Waals surface area contributed by atoms with Crippen LogP contribution in [0.3, 0.4) is 0 Å². The molecule has 7 heteroatoms. The number of nitrogens with one attached hydrogen (secondary N) is 1. The zero-order chi connectivity index (χ0) is 17.2. The first-order valence-corrected chi connectivity index (χ1v) is 8.53. The highest BCUT2D eigenvalue weighted by Crippen LogP contribution is 2.30. The summed E-state index contributed by atoms with van der Waals surface area (Å²) in [5.74, 6) is 0.341. The zero-order valence-corrected chi connectivity index (χ0v) is 14.0. The van der Waals surface area contributed by atoms with Gasteiger partial charge < -0.3 is 5.73 Å². The summed E-state index contributed by atoms with van der Waals surface area (Å²) in [6.45, 7) is 3.97. The van der Waals surface area contributed by atoms with E-state index in [0.717, 1.165) is 5.69 Å². The van der Waals surface area contributed by atoms with Gasteiger partial charge in [-0.1, -0.05) is 26.0 Å². The summed E-state index contributed by atoms with van der Waals surface area (Å²) in [6, 6.07) is 10.2. The molecular weight excluding hydrogens is 312 g/mol. The number of anilines is 1. The number of rotatable bonds is 4. The predicted octanol–water partition coefficient (Wildman–Crippen LogP) is 2.23. The van der Waals surface area contributed by atoms with Crippen LogP contribution in [-0.4, -0.2) is 20.4 Å². The fourth-order valence-corrected chi connectivity index (χ4v) is 2.89. The smallest absolute Gasteiger partial charge is 0.240 e. The summed E-state index contributed by atoms with van der Waals surface area (Å²) in [7, 11) is -2.14. The number of pyridine rings is 1. The van der Waals surface area contributed by atoms with Crippen LogP contribution in [0.1, 0.15) is 31.0 Å². The van der Waals surface area contributed by atoms with Crippen molar-refractivity contribution in [3.05, 3.63) is 41.6 Å². The minimum Gasteiger partial charge on any atom is -0.383 e. The van der Waals surface area contributed by atoms with Crippen molar-refractivity contribution in [3.8, 4) is 17.2 Å². The van der Waals surface area contributed by atoms with Crippen molar-refractivity contribution in [2.24, 2.45) is 0 Å². The highest BCUT2D eigenvalue weighted by molar-refractivity contribution is 7.89. The van der Waals surface area contributed by atoms with Crippen LogP contribution in [0, 0.1) is 11.3 Å². The lowest BCUT2D eigenvalue weighted by atomic mass is 9.98. The average molecular weight is 330 g/mol. The zero-order valence-electron chi connectivity index (χ0n) is 13.2. The van der Waals surface area contributed by atoms with Crippen LogP contribution < -0.4 is 10.5 Å². The van der Waals surface area contributed by atoms with Gasteiger partial charge in [0.1, 0.15) is 17.5 Å². The normalized spacial score (nSPS) is 11.4. The molecule has 0 spiro atoms. The Morgan fingerprint density at radius 2 is 1.87 bits per heavy atom. The molecule has 0 saturated carbocycles. The van der Waals surface area contributed by atoms with Gasteiger partial charge in [-0.2, -0.15) is 5.26 Å². The molecule has 6 nitrogen and oxygen atoms in total. The van der Waals surface area contributed by atoms with Crippen LogP contribution in [0.5, 0.6) is 0 Å². The van der Waals surface area contributed by atoms with E-state index in [1.54, 1.807) is 12.1 Å². The SMILES string of the molecule is CNS(=O)(=O)c1ccc(-c2cc(C(C)C)nc(N)c2C#N)cc1. The van der Waals surface area contributed by atoms with Gasteiger partial charge in [-0.15, -0.1) is 0 Å². The number of nitrogens with zero attached hydrogens (tertiary/aromatic N) is 2. The van der Waals surface area contributed by atoms with Gasteiger partial charge in [-0.05, 0) is 36.7 Å². The third-order valence-electron chi connectivity index (χ3n) is 3.51. The maximum absolute atomic E-state index is 11.8. The highest BCUT2D eigenvalue weighted by Gasteiger charge is 2.15. The van der Waals surface area contributed by atoms with Crippen LogP contribution in [0.15, 0.2) is 35.2 Å². The van der Waals surface area contributed by atoms with Crippen molar-refractivity contribution in [1.29, 1.82) is 5.26 Å². The van der Waals surface area contributed by atoms with Gasteiger partial charge in [-0.25, -0.2) is 18.1 Å². The number of benzene rings is 1. The molecule has 1 aromatic heterocycles. The molecule has 2 rings (SSSR count). The van der Waals surface area contributed by atoms with Crippen molar-refractivity contribution < 1.29 is 8.42 Å². The first kappa shape index (κ1) is 16.9. The maximum Gasteiger partial charge on any atom is 0.240 e. The van der Waals surface area contributed by atoms with Crippen LogP contribution in [0.4, 0.5) is 5.82 Å². The van der Waals surface area contributed by atoms with Gasteiger partial charge in [0, 0.05) is 11.3 Å². The van der Waals surface area contributed by atoms with E-state index in [1.165, 1.54) is 19.2 Å². The van der Waals surface area contributed by atoms with Crippen LogP contribution in [0.2, 0.25) is 0 Å². The Morgan fingerprint density at radius 1 is 1.26 bits per heavy atom. The highest BCUT2D eigenvalue weighted by atomic mass is 32.2. The largest absolute Gasteiger partial charge is 0.383 e. The number of hydrogen-bond acceptors (Lipinski definition) is 5. The molecule has 0 aliphatic heterocycles. The number of sulfonamides is 1. The van der Waals surface area contributed by atoms with Gasteiger partial charge in [-0.3, -0.25) is 0 Å². The van der Waals surface area contributed by atoms with E-state index >= 15 is 0 Å². The van der Waals surface area contributed by atoms with Crippen molar-refractivity contribution in [2.45, 2.75) is 24.7 Å². The minimum atomic E-state index is -3.49. The molecule has 0 unspecified atom stereocenters. The number of nitriles is 1. The van der Waals surface area contributed by atoms with Crippen molar-refractivity contribution in [2.75, 3.05) is 12.8 Å². The Hall–Kier alpha value is -2.43. The van der Waals surface area contributed by atoms with Crippen molar-refractivity contribution in [1.82, 2.24) is 9.71 Å². The van der Waals surface area contributed by atoms with Crippen LogP contribution in [-0.2, 0) is 10.0 Å². The first-order chi connectivity index (χ1) is 10.8. The van der Waals surface area contributed by atoms with E-state index in [4.69, 9.17) is 5.73 Å². The van der Waals surface area contributed by atoms with E-state index in [2.05, 4.69) is 15.8 Å². The van der Waals surface area contributed by atoms with E-state index in [-0.39, 0.29) is 16.6 Å². The van der Waals surface area contributed by atoms with E-state index in [1.807, 2.05) is 19.9 Å². The topological polar surface area (TPSA) is 109 Å². The Kier molecular flexibility index (Phi) is 4.68. The standard InChI is InChI=1S/C16H18N4O2S/c1-10(2)15-8-13(14(9-17)16(18)20-15)11-4-6-12(7-5-11)23(21,22)19-3/h4-8,10,19H,1-3H3,(H2,18,20). The Labute approximate surface area is 136 Å². The molecule has 1 heterocycles. The fourth-order valence-electron chi connectivity index (χ4n) is 2.16. The third-order valence-corrected chi connectivity index (χ3v) is 4.95. The molecule has 0 atom stereocenters. The second-order valence-corrected chi connectivity index (χ2v) is 7.24. The summed E-state index contributed by atoms with van der Waals surface area (Å²) in [5.41, 5.74) is 8.33. The molecule has 1 aromatic carbocycles. The Morgan fingerprint density at radius 3 is 2.35 bits per heavy atom.